The SMILES string of the molecule is CC(O)C(=O)O.CCCC(O)O.OCC(O)CO. The first-order chi connectivity index (χ1) is 8.22. The van der Waals surface area contributed by atoms with Crippen LogP contribution in [0.25, 0.3) is 0 Å². The number of aliphatic carboxylic acids is 1. The lowest BCUT2D eigenvalue weighted by Gasteiger charge is -1.96. The van der Waals surface area contributed by atoms with Crippen LogP contribution in [-0.4, -0.2) is 73.4 Å². The number of carbonyl (C=O) groups is 1. The second-order valence-electron chi connectivity index (χ2n) is 3.30. The highest BCUT2D eigenvalue weighted by molar-refractivity contribution is 5.71. The van der Waals surface area contributed by atoms with Crippen molar-refractivity contribution in [2.45, 2.75) is 45.2 Å². The molecule has 18 heavy (non-hydrogen) atoms. The predicted molar refractivity (Wildman–Crippen MR) is 62.6 cm³/mol. The molecule has 0 aromatic carbocycles. The smallest absolute Gasteiger partial charge is 0.332 e. The molecule has 0 heterocycles. The highest BCUT2D eigenvalue weighted by Crippen LogP contribution is 1.88. The van der Waals surface area contributed by atoms with E-state index in [0.29, 0.717) is 6.42 Å². The van der Waals surface area contributed by atoms with Gasteiger partial charge in [0.2, 0.25) is 0 Å². The van der Waals surface area contributed by atoms with Gasteiger partial charge in [-0.05, 0) is 13.3 Å². The van der Waals surface area contributed by atoms with Crippen LogP contribution in [0.2, 0.25) is 0 Å². The number of hydrogen-bond acceptors (Lipinski definition) is 7. The van der Waals surface area contributed by atoms with Crippen molar-refractivity contribution < 1.29 is 40.5 Å². The fourth-order valence-electron chi connectivity index (χ4n) is 0.316. The van der Waals surface area contributed by atoms with E-state index in [1.54, 1.807) is 0 Å². The summed E-state index contributed by atoms with van der Waals surface area (Å²) in [5, 5.41) is 56.0. The number of hydrogen-bond donors (Lipinski definition) is 7. The largest absolute Gasteiger partial charge is 0.479 e. The first kappa shape index (κ1) is 22.4. The van der Waals surface area contributed by atoms with Gasteiger partial charge >= 0.3 is 5.97 Å². The lowest BCUT2D eigenvalue weighted by molar-refractivity contribution is -0.145. The van der Waals surface area contributed by atoms with Gasteiger partial charge in [0, 0.05) is 0 Å². The Hall–Kier alpha value is -0.770. The van der Waals surface area contributed by atoms with Gasteiger partial charge in [-0.25, -0.2) is 4.79 Å². The molecule has 0 aromatic rings. The van der Waals surface area contributed by atoms with Gasteiger partial charge in [0.25, 0.3) is 0 Å². The second-order valence-corrected chi connectivity index (χ2v) is 3.30. The van der Waals surface area contributed by atoms with Crippen LogP contribution in [0.5, 0.6) is 0 Å². The van der Waals surface area contributed by atoms with Crippen molar-refractivity contribution in [2.75, 3.05) is 13.2 Å². The summed E-state index contributed by atoms with van der Waals surface area (Å²) in [4.78, 5) is 9.45. The van der Waals surface area contributed by atoms with E-state index in [2.05, 4.69) is 0 Å². The summed E-state index contributed by atoms with van der Waals surface area (Å²) >= 11 is 0. The lowest BCUT2D eigenvalue weighted by Crippen LogP contribution is -2.15. The third-order valence-electron chi connectivity index (χ3n) is 1.33. The Kier molecular flexibility index (Phi) is 20.2. The summed E-state index contributed by atoms with van der Waals surface area (Å²) < 4.78 is 0. The van der Waals surface area contributed by atoms with Crippen LogP contribution in [0.1, 0.15) is 26.7 Å². The normalized spacial score (nSPS) is 11.2. The molecule has 8 nitrogen and oxygen atoms in total. The number of rotatable bonds is 5. The van der Waals surface area contributed by atoms with E-state index in [1.807, 2.05) is 6.92 Å². The Morgan fingerprint density at radius 2 is 1.39 bits per heavy atom. The van der Waals surface area contributed by atoms with E-state index < -0.39 is 24.5 Å². The van der Waals surface area contributed by atoms with Crippen LogP contribution in [-0.2, 0) is 4.79 Å². The maximum atomic E-state index is 9.45. The van der Waals surface area contributed by atoms with E-state index in [1.165, 1.54) is 6.92 Å². The standard InChI is InChI=1S/C4H10O2.C3H8O3.C3H6O3/c1-2-3-4(5)6;4-1-3(6)2-5;1-2(4)3(5)6/h4-6H,2-3H2,1H3;3-6H,1-2H2;2,4H,1H3,(H,5,6). The molecule has 8 heteroatoms. The highest BCUT2D eigenvalue weighted by atomic mass is 16.5. The lowest BCUT2D eigenvalue weighted by atomic mass is 10.3. The van der Waals surface area contributed by atoms with Crippen molar-refractivity contribution in [3.63, 3.8) is 0 Å². The van der Waals surface area contributed by atoms with E-state index in [9.17, 15) is 4.79 Å². The van der Waals surface area contributed by atoms with Gasteiger partial charge in [0.15, 0.2) is 6.29 Å². The van der Waals surface area contributed by atoms with Crippen LogP contribution in [0.15, 0.2) is 0 Å². The zero-order chi connectivity index (χ0) is 15.1. The molecule has 0 saturated carbocycles. The molecule has 0 aromatic heterocycles. The molecule has 0 fully saturated rings. The van der Waals surface area contributed by atoms with Crippen LogP contribution in [0.4, 0.5) is 0 Å². The molecule has 0 amide bonds. The molecule has 0 aliphatic rings. The summed E-state index contributed by atoms with van der Waals surface area (Å²) in [6, 6.07) is 0. The van der Waals surface area contributed by atoms with Gasteiger partial charge in [-0.2, -0.15) is 0 Å². The summed E-state index contributed by atoms with van der Waals surface area (Å²) in [5.74, 6) is -1.19. The molecule has 0 radical (unpaired) electrons. The van der Waals surface area contributed by atoms with Gasteiger partial charge in [-0.15, -0.1) is 0 Å². The van der Waals surface area contributed by atoms with E-state index in [4.69, 9.17) is 35.7 Å². The van der Waals surface area contributed by atoms with E-state index in [-0.39, 0.29) is 13.2 Å². The Labute approximate surface area is 106 Å². The zero-order valence-electron chi connectivity index (χ0n) is 10.6. The Bertz CT molecular complexity index is 167. The molecule has 1 atom stereocenters. The monoisotopic (exact) mass is 272 g/mol. The van der Waals surface area contributed by atoms with Crippen LogP contribution in [0.3, 0.4) is 0 Å². The molecule has 0 saturated heterocycles. The Balaban J connectivity index is -0.000000187. The maximum absolute atomic E-state index is 9.45. The van der Waals surface area contributed by atoms with Gasteiger partial charge in [-0.3, -0.25) is 0 Å². The molecule has 0 rings (SSSR count). The number of aliphatic hydroxyl groups excluding tert-OH is 5. The average molecular weight is 272 g/mol. The maximum Gasteiger partial charge on any atom is 0.332 e. The van der Waals surface area contributed by atoms with Gasteiger partial charge in [0.1, 0.15) is 12.2 Å². The summed E-state index contributed by atoms with van der Waals surface area (Å²) in [6.45, 7) is 2.37. The molecule has 7 N–H and O–H groups in total. The zero-order valence-corrected chi connectivity index (χ0v) is 10.6. The van der Waals surface area contributed by atoms with Crippen LogP contribution in [0, 0.1) is 0 Å². The number of aliphatic hydroxyl groups is 6. The second kappa shape index (κ2) is 16.2. The molecule has 0 spiro atoms. The summed E-state index contributed by atoms with van der Waals surface area (Å²) in [6.07, 6.45) is -1.97. The summed E-state index contributed by atoms with van der Waals surface area (Å²) in [5.41, 5.74) is 0. The molecule has 0 bridgehead atoms. The minimum absolute atomic E-state index is 0.365. The van der Waals surface area contributed by atoms with Crippen molar-refractivity contribution in [3.8, 4) is 0 Å². The quantitative estimate of drug-likeness (QED) is 0.280. The van der Waals surface area contributed by atoms with Gasteiger partial charge < -0.3 is 35.7 Å². The van der Waals surface area contributed by atoms with Crippen molar-refractivity contribution in [2.24, 2.45) is 0 Å². The first-order valence-corrected chi connectivity index (χ1v) is 5.39. The minimum atomic E-state index is -1.23. The molecular formula is C10H24O8. The van der Waals surface area contributed by atoms with E-state index in [0.717, 1.165) is 6.42 Å². The molecule has 1 unspecified atom stereocenters. The van der Waals surface area contributed by atoms with Crippen molar-refractivity contribution in [1.82, 2.24) is 0 Å². The number of carboxylic acids is 1. The third kappa shape index (κ3) is 29.5. The highest BCUT2D eigenvalue weighted by Gasteiger charge is 2.01. The van der Waals surface area contributed by atoms with Crippen molar-refractivity contribution in [3.05, 3.63) is 0 Å². The Morgan fingerprint density at radius 3 is 1.39 bits per heavy atom. The van der Waals surface area contributed by atoms with Crippen molar-refractivity contribution >= 4 is 5.97 Å². The average Bonchev–Trinajstić information content (AvgIpc) is 2.29. The summed E-state index contributed by atoms with van der Waals surface area (Å²) in [7, 11) is 0. The van der Waals surface area contributed by atoms with Crippen LogP contribution >= 0.6 is 0 Å². The van der Waals surface area contributed by atoms with Gasteiger partial charge in [0.05, 0.1) is 13.2 Å². The minimum Gasteiger partial charge on any atom is -0.479 e. The van der Waals surface area contributed by atoms with Gasteiger partial charge in [-0.1, -0.05) is 13.3 Å². The van der Waals surface area contributed by atoms with E-state index >= 15 is 0 Å². The molecule has 0 aliphatic carbocycles. The van der Waals surface area contributed by atoms with Crippen LogP contribution < -0.4 is 0 Å². The number of carboxylic acid groups (broad SMARTS) is 1. The fourth-order valence-corrected chi connectivity index (χ4v) is 0.316. The molecule has 0 aliphatic heterocycles. The Morgan fingerprint density at radius 1 is 1.06 bits per heavy atom. The molecular weight excluding hydrogens is 248 g/mol. The third-order valence-corrected chi connectivity index (χ3v) is 1.33. The topological polar surface area (TPSA) is 159 Å². The molecule has 112 valence electrons. The van der Waals surface area contributed by atoms with Crippen molar-refractivity contribution in [1.29, 1.82) is 0 Å². The first-order valence-electron chi connectivity index (χ1n) is 5.39. The predicted octanol–water partition coefficient (Wildman–Crippen LogP) is -2.12. The fraction of sp³-hybridized carbons (Fsp3) is 0.900.